The largest absolute Gasteiger partial charge is 0.481 e. The first-order valence-corrected chi connectivity index (χ1v) is 10.5. The first-order valence-electron chi connectivity index (χ1n) is 10.5. The molecule has 0 aliphatic carbocycles. The van der Waals surface area contributed by atoms with Crippen LogP contribution in [0.1, 0.15) is 116 Å². The fraction of sp³-hybridized carbons (Fsp3) is 0.857. The van der Waals surface area contributed by atoms with Gasteiger partial charge in [-0.2, -0.15) is 0 Å². The third-order valence-corrected chi connectivity index (χ3v) is 4.70. The topological polar surface area (TPSA) is 80.7 Å². The molecule has 152 valence electrons. The molecule has 0 unspecified atom stereocenters. The Morgan fingerprint density at radius 3 is 1.19 bits per heavy atom. The van der Waals surface area contributed by atoms with Crippen LogP contribution in [-0.2, 0) is 19.1 Å². The van der Waals surface area contributed by atoms with Gasteiger partial charge in [0.05, 0.1) is 0 Å². The highest BCUT2D eigenvalue weighted by Gasteiger charge is 2.01. The zero-order valence-corrected chi connectivity index (χ0v) is 16.4. The molecule has 0 aromatic carbocycles. The monoisotopic (exact) mass is 370 g/mol. The second kappa shape index (κ2) is 19.9. The van der Waals surface area contributed by atoms with Gasteiger partial charge in [-0.05, 0) is 12.8 Å². The van der Waals surface area contributed by atoms with E-state index in [0.29, 0.717) is 12.8 Å². The van der Waals surface area contributed by atoms with Gasteiger partial charge in [0.1, 0.15) is 0 Å². The van der Waals surface area contributed by atoms with Gasteiger partial charge in [0, 0.05) is 12.8 Å². The van der Waals surface area contributed by atoms with Crippen molar-refractivity contribution >= 4 is 18.4 Å². The highest BCUT2D eigenvalue weighted by molar-refractivity contribution is 5.76. The van der Waals surface area contributed by atoms with Crippen LogP contribution in [0.15, 0.2) is 0 Å². The number of hydrogen-bond donors (Lipinski definition) is 1. The van der Waals surface area contributed by atoms with Crippen molar-refractivity contribution in [1.82, 2.24) is 0 Å². The van der Waals surface area contributed by atoms with Crippen molar-refractivity contribution in [3.63, 3.8) is 0 Å². The summed E-state index contributed by atoms with van der Waals surface area (Å²) < 4.78 is 4.24. The molecule has 0 aliphatic heterocycles. The van der Waals surface area contributed by atoms with Gasteiger partial charge in [-0.25, -0.2) is 0 Å². The Morgan fingerprint density at radius 1 is 0.577 bits per heavy atom. The lowest BCUT2D eigenvalue weighted by Gasteiger charge is -2.03. The highest BCUT2D eigenvalue weighted by Crippen LogP contribution is 2.14. The van der Waals surface area contributed by atoms with Gasteiger partial charge in [0.2, 0.25) is 0 Å². The third-order valence-electron chi connectivity index (χ3n) is 4.70. The molecule has 0 bridgehead atoms. The van der Waals surface area contributed by atoms with E-state index in [2.05, 4.69) is 4.74 Å². The van der Waals surface area contributed by atoms with E-state index < -0.39 is 11.9 Å². The number of ether oxygens (including phenoxy) is 1. The van der Waals surface area contributed by atoms with Crippen LogP contribution in [0.5, 0.6) is 0 Å². The zero-order valence-electron chi connectivity index (χ0n) is 16.4. The molecule has 0 rings (SSSR count). The smallest absolute Gasteiger partial charge is 0.313 e. The molecule has 0 aromatic rings. The first-order chi connectivity index (χ1) is 12.7. The summed E-state index contributed by atoms with van der Waals surface area (Å²) in [5.41, 5.74) is 0. The highest BCUT2D eigenvalue weighted by atomic mass is 16.6. The average Bonchev–Trinajstić information content (AvgIpc) is 2.60. The summed E-state index contributed by atoms with van der Waals surface area (Å²) in [5.74, 6) is -1.10. The van der Waals surface area contributed by atoms with E-state index in [0.717, 1.165) is 32.1 Å². The Balaban J connectivity index is 3.06. The number of aliphatic carboxylic acids is 1. The van der Waals surface area contributed by atoms with Crippen LogP contribution in [0.4, 0.5) is 0 Å². The van der Waals surface area contributed by atoms with Crippen LogP contribution >= 0.6 is 0 Å². The second-order valence-corrected chi connectivity index (χ2v) is 7.14. The lowest BCUT2D eigenvalue weighted by Crippen LogP contribution is -2.01. The molecular formula is C21H38O5. The first kappa shape index (κ1) is 24.6. The summed E-state index contributed by atoms with van der Waals surface area (Å²) in [7, 11) is 0. The van der Waals surface area contributed by atoms with Crippen LogP contribution in [0.2, 0.25) is 0 Å². The zero-order chi connectivity index (χ0) is 19.3. The maximum Gasteiger partial charge on any atom is 0.313 e. The molecule has 26 heavy (non-hydrogen) atoms. The number of unbranched alkanes of at least 4 members (excludes halogenated alkanes) is 15. The number of carbonyl (C=O) groups is 3. The van der Waals surface area contributed by atoms with Crippen LogP contribution in [-0.4, -0.2) is 23.5 Å². The maximum absolute atomic E-state index is 11.0. The van der Waals surface area contributed by atoms with E-state index in [1.54, 1.807) is 0 Å². The van der Waals surface area contributed by atoms with Gasteiger partial charge < -0.3 is 9.84 Å². The number of carbonyl (C=O) groups excluding carboxylic acids is 2. The number of rotatable bonds is 20. The molecule has 0 aromatic heterocycles. The van der Waals surface area contributed by atoms with Crippen molar-refractivity contribution in [1.29, 1.82) is 0 Å². The molecule has 0 fully saturated rings. The van der Waals surface area contributed by atoms with Crippen LogP contribution in [0.25, 0.3) is 0 Å². The Hall–Kier alpha value is -1.39. The molecule has 0 spiro atoms. The lowest BCUT2D eigenvalue weighted by atomic mass is 10.0. The van der Waals surface area contributed by atoms with Crippen molar-refractivity contribution < 1.29 is 24.2 Å². The Labute approximate surface area is 158 Å². The summed E-state index contributed by atoms with van der Waals surface area (Å²) in [5, 5.41) is 8.55. The number of carboxylic acid groups (broad SMARTS) is 1. The van der Waals surface area contributed by atoms with Crippen molar-refractivity contribution in [2.24, 2.45) is 0 Å². The fourth-order valence-electron chi connectivity index (χ4n) is 3.13. The van der Waals surface area contributed by atoms with Gasteiger partial charge in [0.15, 0.2) is 0 Å². The molecule has 0 radical (unpaired) electrons. The molecule has 0 saturated heterocycles. The molecule has 0 heterocycles. The van der Waals surface area contributed by atoms with Gasteiger partial charge in [0.25, 0.3) is 0 Å². The van der Waals surface area contributed by atoms with Gasteiger partial charge >= 0.3 is 18.4 Å². The van der Waals surface area contributed by atoms with E-state index >= 15 is 0 Å². The van der Waals surface area contributed by atoms with E-state index in [9.17, 15) is 14.4 Å². The van der Waals surface area contributed by atoms with Gasteiger partial charge in [-0.15, -0.1) is 0 Å². The van der Waals surface area contributed by atoms with Gasteiger partial charge in [-0.1, -0.05) is 89.9 Å². The van der Waals surface area contributed by atoms with E-state index in [1.807, 2.05) is 0 Å². The fourth-order valence-corrected chi connectivity index (χ4v) is 3.13. The molecule has 0 saturated carbocycles. The van der Waals surface area contributed by atoms with Crippen molar-refractivity contribution in [3.8, 4) is 0 Å². The van der Waals surface area contributed by atoms with Crippen molar-refractivity contribution in [2.45, 2.75) is 116 Å². The summed E-state index contributed by atoms with van der Waals surface area (Å²) in [6, 6.07) is 0. The normalized spacial score (nSPS) is 10.6. The predicted molar refractivity (Wildman–Crippen MR) is 103 cm³/mol. The van der Waals surface area contributed by atoms with Crippen molar-refractivity contribution in [3.05, 3.63) is 0 Å². The minimum Gasteiger partial charge on any atom is -0.481 e. The number of carboxylic acids is 1. The summed E-state index contributed by atoms with van der Waals surface area (Å²) in [6.45, 7) is 0.202. The quantitative estimate of drug-likeness (QED) is 0.127. The van der Waals surface area contributed by atoms with Gasteiger partial charge in [-0.3, -0.25) is 14.4 Å². The molecular weight excluding hydrogens is 332 g/mol. The summed E-state index contributed by atoms with van der Waals surface area (Å²) >= 11 is 0. The van der Waals surface area contributed by atoms with Crippen molar-refractivity contribution in [2.75, 3.05) is 0 Å². The molecule has 5 heteroatoms. The van der Waals surface area contributed by atoms with E-state index in [4.69, 9.17) is 5.11 Å². The van der Waals surface area contributed by atoms with Crippen LogP contribution in [0.3, 0.4) is 0 Å². The Bertz CT molecular complexity index is 354. The van der Waals surface area contributed by atoms with E-state index in [1.165, 1.54) is 70.6 Å². The SMILES string of the molecule is O=COC(=O)CCCCCCCCCCCCCCCCCCC(=O)O. The van der Waals surface area contributed by atoms with Crippen LogP contribution in [0, 0.1) is 0 Å². The molecule has 0 amide bonds. The summed E-state index contributed by atoms with van der Waals surface area (Å²) in [4.78, 5) is 31.3. The summed E-state index contributed by atoms with van der Waals surface area (Å²) in [6.07, 6.45) is 19.7. The molecule has 0 aliphatic rings. The third kappa shape index (κ3) is 20.7. The standard InChI is InChI=1S/C21H38O5/c22-19-26-21(25)18-16-14-12-10-8-6-4-2-1-3-5-7-9-11-13-15-17-20(23)24/h19H,1-18H2,(H,23,24). The molecule has 5 nitrogen and oxygen atoms in total. The predicted octanol–water partition coefficient (Wildman–Crippen LogP) is 5.79. The van der Waals surface area contributed by atoms with Crippen LogP contribution < -0.4 is 0 Å². The maximum atomic E-state index is 11.0. The Morgan fingerprint density at radius 2 is 0.885 bits per heavy atom. The minimum absolute atomic E-state index is 0.202. The second-order valence-electron chi connectivity index (χ2n) is 7.14. The molecule has 0 atom stereocenters. The average molecular weight is 371 g/mol. The number of hydrogen-bond acceptors (Lipinski definition) is 4. The molecule has 1 N–H and O–H groups in total. The lowest BCUT2D eigenvalue weighted by molar-refractivity contribution is -0.151. The number of esters is 1. The van der Waals surface area contributed by atoms with E-state index in [-0.39, 0.29) is 6.47 Å². The Kier molecular flexibility index (Phi) is 18.9. The minimum atomic E-state index is -0.678.